The number of rotatable bonds is 6. The summed E-state index contributed by atoms with van der Waals surface area (Å²) in [4.78, 5) is 21.9. The van der Waals surface area contributed by atoms with Gasteiger partial charge in [0.05, 0.1) is 4.92 Å². The van der Waals surface area contributed by atoms with Crippen molar-refractivity contribution in [1.82, 2.24) is 15.1 Å². The van der Waals surface area contributed by atoms with E-state index in [0.717, 1.165) is 6.42 Å². The molecule has 0 aromatic carbocycles. The number of carbonyl (C=O) groups is 1. The van der Waals surface area contributed by atoms with E-state index in [-0.39, 0.29) is 17.4 Å². The average molecular weight is 255 g/mol. The van der Waals surface area contributed by atoms with Crippen molar-refractivity contribution in [3.8, 4) is 0 Å². The van der Waals surface area contributed by atoms with Crippen LogP contribution in [0.15, 0.2) is 6.20 Å². The molecule has 1 heterocycles. The normalized spacial score (nSPS) is 11.9. The molecule has 0 fully saturated rings. The minimum atomic E-state index is -0.579. The molecule has 100 valence electrons. The maximum Gasteiger partial charge on any atom is 0.330 e. The maximum atomic E-state index is 11.6. The van der Waals surface area contributed by atoms with E-state index in [2.05, 4.69) is 15.7 Å². The second-order valence-corrected chi connectivity index (χ2v) is 3.95. The molecule has 0 bridgehead atoms. The zero-order chi connectivity index (χ0) is 13.7. The van der Waals surface area contributed by atoms with Crippen molar-refractivity contribution in [3.63, 3.8) is 0 Å². The van der Waals surface area contributed by atoms with Crippen molar-refractivity contribution < 1.29 is 9.72 Å². The number of hydrogen-bond acceptors (Lipinski definition) is 5. The van der Waals surface area contributed by atoms with Gasteiger partial charge in [0, 0.05) is 13.6 Å². The van der Waals surface area contributed by atoms with E-state index in [0.29, 0.717) is 6.54 Å². The molecular weight excluding hydrogens is 238 g/mol. The summed E-state index contributed by atoms with van der Waals surface area (Å²) in [5.41, 5.74) is -0.146. The lowest BCUT2D eigenvalue weighted by Crippen LogP contribution is -2.38. The monoisotopic (exact) mass is 255 g/mol. The van der Waals surface area contributed by atoms with E-state index in [1.807, 2.05) is 6.92 Å². The Kier molecular flexibility index (Phi) is 4.64. The van der Waals surface area contributed by atoms with Crippen LogP contribution >= 0.6 is 0 Å². The third-order valence-electron chi connectivity index (χ3n) is 2.30. The lowest BCUT2D eigenvalue weighted by molar-refractivity contribution is -0.384. The van der Waals surface area contributed by atoms with Crippen molar-refractivity contribution in [2.45, 2.75) is 26.3 Å². The number of carbonyl (C=O) groups excluding carboxylic acids is 1. The van der Waals surface area contributed by atoms with E-state index < -0.39 is 11.0 Å². The SMILES string of the molecule is CCCNC(=O)C(C)Nc1nn(C)cc1[N+](=O)[O-]. The Labute approximate surface area is 105 Å². The highest BCUT2D eigenvalue weighted by atomic mass is 16.6. The van der Waals surface area contributed by atoms with E-state index in [4.69, 9.17) is 0 Å². The van der Waals surface area contributed by atoms with Gasteiger partial charge in [-0.25, -0.2) is 0 Å². The van der Waals surface area contributed by atoms with Gasteiger partial charge in [0.25, 0.3) is 0 Å². The van der Waals surface area contributed by atoms with Gasteiger partial charge in [-0.15, -0.1) is 5.10 Å². The first kappa shape index (κ1) is 13.9. The van der Waals surface area contributed by atoms with Crippen molar-refractivity contribution in [2.24, 2.45) is 7.05 Å². The van der Waals surface area contributed by atoms with Crippen LogP contribution in [0.5, 0.6) is 0 Å². The molecule has 1 amide bonds. The third-order valence-corrected chi connectivity index (χ3v) is 2.30. The Balaban J connectivity index is 2.72. The van der Waals surface area contributed by atoms with Crippen molar-refractivity contribution >= 4 is 17.4 Å². The molecule has 0 spiro atoms. The van der Waals surface area contributed by atoms with Gasteiger partial charge in [0.15, 0.2) is 0 Å². The molecule has 1 atom stereocenters. The van der Waals surface area contributed by atoms with Crippen LogP contribution in [0.1, 0.15) is 20.3 Å². The molecule has 8 heteroatoms. The largest absolute Gasteiger partial charge is 0.354 e. The van der Waals surface area contributed by atoms with Gasteiger partial charge in [-0.2, -0.15) is 0 Å². The molecule has 0 radical (unpaired) electrons. The lowest BCUT2D eigenvalue weighted by atomic mass is 10.3. The Morgan fingerprint density at radius 3 is 2.89 bits per heavy atom. The smallest absolute Gasteiger partial charge is 0.330 e. The summed E-state index contributed by atoms with van der Waals surface area (Å²) in [5, 5.41) is 20.1. The Morgan fingerprint density at radius 1 is 1.67 bits per heavy atom. The summed E-state index contributed by atoms with van der Waals surface area (Å²) in [7, 11) is 1.58. The van der Waals surface area contributed by atoms with Crippen LogP contribution in [-0.2, 0) is 11.8 Å². The molecule has 1 rings (SSSR count). The predicted molar refractivity (Wildman–Crippen MR) is 66.2 cm³/mol. The number of aromatic nitrogens is 2. The second kappa shape index (κ2) is 5.99. The minimum absolute atomic E-state index is 0.0987. The molecule has 0 aliphatic carbocycles. The fourth-order valence-electron chi connectivity index (χ4n) is 1.38. The third kappa shape index (κ3) is 3.44. The van der Waals surface area contributed by atoms with Crippen molar-refractivity contribution in [1.29, 1.82) is 0 Å². The fourth-order valence-corrected chi connectivity index (χ4v) is 1.38. The molecular formula is C10H17N5O3. The molecule has 1 aromatic heterocycles. The van der Waals surface area contributed by atoms with Crippen molar-refractivity contribution in [3.05, 3.63) is 16.3 Å². The molecule has 1 aromatic rings. The number of amides is 1. The molecule has 0 aliphatic rings. The summed E-state index contributed by atoms with van der Waals surface area (Å²) in [6.07, 6.45) is 2.13. The van der Waals surface area contributed by atoms with Crippen molar-refractivity contribution in [2.75, 3.05) is 11.9 Å². The quantitative estimate of drug-likeness (QED) is 0.574. The van der Waals surface area contributed by atoms with Crippen LogP contribution in [0.2, 0.25) is 0 Å². The second-order valence-electron chi connectivity index (χ2n) is 3.95. The molecule has 0 aliphatic heterocycles. The van der Waals surface area contributed by atoms with Gasteiger partial charge in [-0.3, -0.25) is 19.6 Å². The first-order valence-electron chi connectivity index (χ1n) is 5.68. The van der Waals surface area contributed by atoms with Crippen LogP contribution in [0, 0.1) is 10.1 Å². The summed E-state index contributed by atoms with van der Waals surface area (Å²) >= 11 is 0. The van der Waals surface area contributed by atoms with E-state index in [9.17, 15) is 14.9 Å². The summed E-state index contributed by atoms with van der Waals surface area (Å²) < 4.78 is 1.33. The first-order valence-corrected chi connectivity index (χ1v) is 5.68. The van der Waals surface area contributed by atoms with E-state index in [1.165, 1.54) is 10.9 Å². The van der Waals surface area contributed by atoms with Crippen LogP contribution in [0.3, 0.4) is 0 Å². The summed E-state index contributed by atoms with van der Waals surface area (Å²) in [6.45, 7) is 4.15. The summed E-state index contributed by atoms with van der Waals surface area (Å²) in [5.74, 6) is -0.113. The minimum Gasteiger partial charge on any atom is -0.354 e. The number of aryl methyl sites for hydroxylation is 1. The van der Waals surface area contributed by atoms with Gasteiger partial charge in [0.2, 0.25) is 11.7 Å². The number of nitro groups is 1. The topological polar surface area (TPSA) is 102 Å². The highest BCUT2D eigenvalue weighted by Gasteiger charge is 2.22. The highest BCUT2D eigenvalue weighted by molar-refractivity contribution is 5.84. The lowest BCUT2D eigenvalue weighted by Gasteiger charge is -2.12. The van der Waals surface area contributed by atoms with E-state index >= 15 is 0 Å². The van der Waals surface area contributed by atoms with Crippen LogP contribution < -0.4 is 10.6 Å². The summed E-state index contributed by atoms with van der Waals surface area (Å²) in [6, 6.07) is -0.579. The molecule has 18 heavy (non-hydrogen) atoms. The molecule has 1 unspecified atom stereocenters. The highest BCUT2D eigenvalue weighted by Crippen LogP contribution is 2.21. The number of hydrogen-bond donors (Lipinski definition) is 2. The fraction of sp³-hybridized carbons (Fsp3) is 0.600. The standard InChI is InChI=1S/C10H17N5O3/c1-4-5-11-10(16)7(2)12-9-8(15(17)18)6-14(3)13-9/h6-7H,4-5H2,1-3H3,(H,11,16)(H,12,13). The number of nitrogens with one attached hydrogen (secondary N) is 2. The zero-order valence-corrected chi connectivity index (χ0v) is 10.6. The number of anilines is 1. The average Bonchev–Trinajstić information content (AvgIpc) is 2.67. The predicted octanol–water partition coefficient (Wildman–Crippen LogP) is 0.655. The Hall–Kier alpha value is -2.12. The van der Waals surface area contributed by atoms with Crippen LogP contribution in [-0.4, -0.2) is 33.2 Å². The maximum absolute atomic E-state index is 11.6. The van der Waals surface area contributed by atoms with Gasteiger partial charge >= 0.3 is 5.69 Å². The Morgan fingerprint density at radius 2 is 2.33 bits per heavy atom. The van der Waals surface area contributed by atoms with E-state index in [1.54, 1.807) is 14.0 Å². The van der Waals surface area contributed by atoms with Crippen LogP contribution in [0.4, 0.5) is 11.5 Å². The number of nitrogens with zero attached hydrogens (tertiary/aromatic N) is 3. The van der Waals surface area contributed by atoms with Crippen LogP contribution in [0.25, 0.3) is 0 Å². The molecule has 2 N–H and O–H groups in total. The van der Waals surface area contributed by atoms with Gasteiger partial charge in [0.1, 0.15) is 12.2 Å². The molecule has 0 saturated carbocycles. The zero-order valence-electron chi connectivity index (χ0n) is 10.6. The van der Waals surface area contributed by atoms with Gasteiger partial charge < -0.3 is 10.6 Å². The molecule has 0 saturated heterocycles. The Bertz CT molecular complexity index is 443. The van der Waals surface area contributed by atoms with Gasteiger partial charge in [-0.05, 0) is 13.3 Å². The first-order chi connectivity index (χ1) is 8.45. The van der Waals surface area contributed by atoms with Gasteiger partial charge in [-0.1, -0.05) is 6.92 Å². The molecule has 8 nitrogen and oxygen atoms in total.